The number of aliphatic hydroxyl groups is 1. The number of hydrogen-bond donors (Lipinski definition) is 6. The van der Waals surface area contributed by atoms with Crippen molar-refractivity contribution < 1.29 is 81.7 Å². The Bertz CT molecular complexity index is 4740. The molecule has 10 rings (SSSR count). The minimum absolute atomic E-state index is 0.0541. The predicted octanol–water partition coefficient (Wildman–Crippen LogP) is 11.5. The van der Waals surface area contributed by atoms with E-state index in [0.717, 1.165) is 127 Å². The quantitative estimate of drug-likeness (QED) is 0.00505. The van der Waals surface area contributed by atoms with Crippen LogP contribution in [0.15, 0.2) is 172 Å². The van der Waals surface area contributed by atoms with Crippen LogP contribution in [0.5, 0.6) is 0 Å². The SMILES string of the molecule is CC(=O)NCCCCCC(=O)ON1C(=O)CCC1=O.CCOC(=O)C(/C=C/c1ccc(NC(=O)CCC(=O)CCCCCNC(C)=O)cc1)=C/CO.CN(C)c1ccc2c(-c3cccc(C(=O)O)c3)c3ccc(=[N+](C)C)cc-3oc2c1.CN(C)c1ccc2c(-c3cccc(C(=O)O)c3)c3ccc(=[N+](C)C)cc-3oc2c1. The first-order chi connectivity index (χ1) is 52.5. The molecule has 5 amide bonds. The average Bonchev–Trinajstić information content (AvgIpc) is 0.827. The summed E-state index contributed by atoms with van der Waals surface area (Å²) in [6.45, 7) is 5.79. The first-order valence-electron chi connectivity index (χ1n) is 36.2. The number of fused-ring (bicyclic) bond motifs is 4. The summed E-state index contributed by atoms with van der Waals surface area (Å²) in [4.78, 5) is 123. The zero-order chi connectivity index (χ0) is 80.1. The van der Waals surface area contributed by atoms with E-state index in [-0.39, 0.29) is 85.5 Å². The van der Waals surface area contributed by atoms with Crippen LogP contribution in [0.3, 0.4) is 0 Å². The lowest BCUT2D eigenvalue weighted by atomic mass is 9.92. The van der Waals surface area contributed by atoms with Gasteiger partial charge in [-0.25, -0.2) is 28.3 Å². The maximum atomic E-state index is 12.1. The normalized spacial score (nSPS) is 11.7. The second kappa shape index (κ2) is 41.7. The number of nitrogens with one attached hydrogen (secondary N) is 3. The number of rotatable bonds is 28. The van der Waals surface area contributed by atoms with Gasteiger partial charge < -0.3 is 59.5 Å². The van der Waals surface area contributed by atoms with Gasteiger partial charge in [0.2, 0.25) is 28.4 Å². The van der Waals surface area contributed by atoms with Gasteiger partial charge in [0.15, 0.2) is 0 Å². The number of carbonyl (C=O) groups is 10. The van der Waals surface area contributed by atoms with Crippen molar-refractivity contribution in [3.05, 3.63) is 191 Å². The molecular formula is C85H98N8O17+2. The lowest BCUT2D eigenvalue weighted by Crippen LogP contribution is -2.31. The van der Waals surface area contributed by atoms with Gasteiger partial charge in [-0.15, -0.1) is 5.06 Å². The number of ether oxygens (including phenoxy) is 1. The summed E-state index contributed by atoms with van der Waals surface area (Å²) in [5.74, 6) is -2.69. The third-order valence-corrected chi connectivity index (χ3v) is 17.5. The van der Waals surface area contributed by atoms with Crippen molar-refractivity contribution in [2.24, 2.45) is 0 Å². The molecular weight excluding hydrogens is 1400 g/mol. The number of nitrogens with zero attached hydrogens (tertiary/aromatic N) is 5. The summed E-state index contributed by atoms with van der Waals surface area (Å²) in [5, 5.41) is 40.6. The highest BCUT2D eigenvalue weighted by molar-refractivity contribution is 6.06. The maximum Gasteiger partial charge on any atom is 0.337 e. The van der Waals surface area contributed by atoms with E-state index >= 15 is 0 Å². The van der Waals surface area contributed by atoms with E-state index in [0.29, 0.717) is 36.7 Å². The van der Waals surface area contributed by atoms with Gasteiger partial charge in [0.1, 0.15) is 56.7 Å². The van der Waals surface area contributed by atoms with Crippen LogP contribution in [0.2, 0.25) is 0 Å². The van der Waals surface area contributed by atoms with Crippen LogP contribution in [0.1, 0.15) is 124 Å². The number of ketones is 1. The van der Waals surface area contributed by atoms with Crippen molar-refractivity contribution in [1.29, 1.82) is 0 Å². The van der Waals surface area contributed by atoms with Crippen molar-refractivity contribution in [2.45, 2.75) is 97.8 Å². The van der Waals surface area contributed by atoms with E-state index in [1.54, 1.807) is 79.7 Å². The van der Waals surface area contributed by atoms with Crippen LogP contribution in [0.25, 0.3) is 72.9 Å². The molecule has 578 valence electrons. The number of aliphatic hydroxyl groups excluding tert-OH is 1. The monoisotopic (exact) mass is 1500 g/mol. The fourth-order valence-electron chi connectivity index (χ4n) is 11.6. The Morgan fingerprint density at radius 3 is 1.48 bits per heavy atom. The molecule has 0 unspecified atom stereocenters. The fourth-order valence-corrected chi connectivity index (χ4v) is 11.6. The van der Waals surface area contributed by atoms with Gasteiger partial charge in [-0.05, 0) is 134 Å². The van der Waals surface area contributed by atoms with E-state index in [2.05, 4.69) is 16.0 Å². The molecule has 110 heavy (non-hydrogen) atoms. The third kappa shape index (κ3) is 25.1. The Kier molecular flexibility index (Phi) is 32.1. The average molecular weight is 1500 g/mol. The van der Waals surface area contributed by atoms with E-state index in [4.69, 9.17) is 23.5 Å². The zero-order valence-electron chi connectivity index (χ0n) is 64.2. The van der Waals surface area contributed by atoms with E-state index in [9.17, 15) is 58.2 Å². The molecule has 0 spiro atoms. The highest BCUT2D eigenvalue weighted by atomic mass is 16.7. The molecule has 0 radical (unpaired) electrons. The second-order valence-corrected chi connectivity index (χ2v) is 26.8. The largest absolute Gasteiger partial charge is 0.478 e. The summed E-state index contributed by atoms with van der Waals surface area (Å²) in [6, 6.07) is 45.5. The summed E-state index contributed by atoms with van der Waals surface area (Å²) in [5.41, 5.74) is 11.3. The zero-order valence-corrected chi connectivity index (χ0v) is 64.2. The van der Waals surface area contributed by atoms with Crippen molar-refractivity contribution >= 4 is 104 Å². The van der Waals surface area contributed by atoms with Crippen molar-refractivity contribution in [3.8, 4) is 44.9 Å². The lowest BCUT2D eigenvalue weighted by Gasteiger charge is -2.18. The minimum Gasteiger partial charge on any atom is -0.478 e. The Morgan fingerprint density at radius 2 is 1.05 bits per heavy atom. The molecule has 3 heterocycles. The van der Waals surface area contributed by atoms with Gasteiger partial charge >= 0.3 is 23.9 Å². The van der Waals surface area contributed by atoms with Crippen LogP contribution in [-0.4, -0.2) is 162 Å². The molecule has 6 N–H and O–H groups in total. The Balaban J connectivity index is 0.000000207. The van der Waals surface area contributed by atoms with Crippen molar-refractivity contribution in [1.82, 2.24) is 24.8 Å². The fraction of sp³-hybridized carbons (Fsp3) is 0.318. The summed E-state index contributed by atoms with van der Waals surface area (Å²) in [6.07, 6.45) is 10.3. The number of imide groups is 1. The maximum absolute atomic E-state index is 12.1. The number of hydroxylamine groups is 2. The number of esters is 1. The van der Waals surface area contributed by atoms with Crippen molar-refractivity contribution in [3.63, 3.8) is 0 Å². The Morgan fingerprint density at radius 1 is 0.564 bits per heavy atom. The number of anilines is 3. The molecule has 0 saturated carbocycles. The smallest absolute Gasteiger partial charge is 0.337 e. The first-order valence-corrected chi connectivity index (χ1v) is 36.2. The number of Topliss-reactive ketones (excluding diaryl/α,β-unsaturated/α-hetero) is 1. The van der Waals surface area contributed by atoms with Crippen LogP contribution in [0, 0.1) is 0 Å². The van der Waals surface area contributed by atoms with Crippen LogP contribution < -0.4 is 45.6 Å². The highest BCUT2D eigenvalue weighted by Gasteiger charge is 2.33. The number of carbonyl (C=O) groups excluding carboxylic acids is 8. The van der Waals surface area contributed by atoms with Crippen LogP contribution in [0.4, 0.5) is 17.1 Å². The number of hydrogen-bond acceptors (Lipinski definition) is 17. The number of aromatic carboxylic acids is 2. The summed E-state index contributed by atoms with van der Waals surface area (Å²) >= 11 is 0. The van der Waals surface area contributed by atoms with Crippen LogP contribution in [-0.2, 0) is 47.9 Å². The molecule has 3 aliphatic heterocycles. The Hall–Kier alpha value is -12.4. The number of carboxylic acid groups (broad SMARTS) is 2. The van der Waals surface area contributed by atoms with Crippen LogP contribution >= 0.6 is 0 Å². The predicted molar refractivity (Wildman–Crippen MR) is 425 cm³/mol. The van der Waals surface area contributed by atoms with Gasteiger partial charge in [-0.2, -0.15) is 0 Å². The van der Waals surface area contributed by atoms with E-state index in [1.807, 2.05) is 160 Å². The molecule has 25 heteroatoms. The second-order valence-electron chi connectivity index (χ2n) is 26.8. The van der Waals surface area contributed by atoms with Crippen molar-refractivity contribution in [2.75, 3.05) is 97.8 Å². The molecule has 25 nitrogen and oxygen atoms in total. The van der Waals surface area contributed by atoms with Gasteiger partial charge in [0.25, 0.3) is 11.8 Å². The minimum atomic E-state index is -0.939. The van der Waals surface area contributed by atoms with Gasteiger partial charge in [-0.1, -0.05) is 55.3 Å². The van der Waals surface area contributed by atoms with E-state index < -0.39 is 35.7 Å². The third-order valence-electron chi connectivity index (χ3n) is 17.5. The molecule has 2 aliphatic carbocycles. The molecule has 5 aliphatic rings. The lowest BCUT2D eigenvalue weighted by molar-refractivity contribution is -0.197. The molecule has 1 saturated heterocycles. The summed E-state index contributed by atoms with van der Waals surface area (Å²) < 4.78 is 21.6. The Labute approximate surface area is 639 Å². The first kappa shape index (κ1) is 84.9. The van der Waals surface area contributed by atoms with Gasteiger partial charge in [-0.3, -0.25) is 28.8 Å². The molecule has 5 aromatic carbocycles. The standard InChI is InChI=1S/C25H34N2O6.2C24H22N2O3.C12H18N2O5/c1-3-33-25(32)21(16-18-28)11-8-20-9-12-22(13-10-20)27-24(31)15-14-23(30)7-5-4-6-17-26-19(2)29;2*1-25(2)17-8-10-19-21(13-17)29-22-14-18(26(3)4)9-11-20(22)23(19)15-6-5-7-16(12-15)24(27)28;1-9(15)13-8-4-2-3-5-12(18)19-14-10(16)6-7-11(14)17/h8-13,16,28H,3-7,14-15,17-18H2,1-2H3,(H,26,29)(H,27,31);2*5-14H,1-4H3;2-8H2,1H3,(H,13,15)/p+2/b11-8+,21-16+;;;. The van der Waals surface area contributed by atoms with Gasteiger partial charge in [0.05, 0.1) is 42.0 Å². The molecule has 5 aromatic rings. The molecule has 0 aromatic heterocycles. The summed E-state index contributed by atoms with van der Waals surface area (Å²) in [7, 11) is 15.9. The van der Waals surface area contributed by atoms with Gasteiger partial charge in [0, 0.05) is 168 Å². The number of amides is 5. The number of carboxylic acids is 2. The molecule has 0 atom stereocenters. The van der Waals surface area contributed by atoms with E-state index in [1.165, 1.54) is 19.9 Å². The number of unbranched alkanes of at least 4 members (excludes halogenated alkanes) is 4. The molecule has 0 bridgehead atoms. The highest BCUT2D eigenvalue weighted by Crippen LogP contribution is 2.43. The number of benzene rings is 7. The topological polar surface area (TPSA) is 328 Å². The molecule has 1 fully saturated rings.